The topological polar surface area (TPSA) is 62.0 Å². The highest BCUT2D eigenvalue weighted by Gasteiger charge is 2.09. The molecule has 1 aliphatic heterocycles. The predicted molar refractivity (Wildman–Crippen MR) is 66.6 cm³/mol. The van der Waals surface area contributed by atoms with E-state index >= 15 is 0 Å². The normalized spacial score (nSPS) is 16.7. The molecule has 0 atom stereocenters. The van der Waals surface area contributed by atoms with E-state index in [0.29, 0.717) is 12.4 Å². The van der Waals surface area contributed by atoms with Crippen molar-refractivity contribution in [3.8, 4) is 0 Å². The van der Waals surface area contributed by atoms with Crippen LogP contribution in [0.2, 0.25) is 0 Å². The van der Waals surface area contributed by atoms with Crippen LogP contribution in [0.1, 0.15) is 5.56 Å². The molecule has 4 heteroatoms. The number of allylic oxidation sites excluding steroid dienone is 2. The van der Waals surface area contributed by atoms with Gasteiger partial charge in [0.2, 0.25) is 0 Å². The summed E-state index contributed by atoms with van der Waals surface area (Å²) in [7, 11) is 0. The van der Waals surface area contributed by atoms with Crippen LogP contribution in [-0.4, -0.2) is 12.4 Å². The number of aliphatic imine (C=N–C) groups is 1. The minimum absolute atomic E-state index is 0.459. The Bertz CT molecular complexity index is 475. The van der Waals surface area contributed by atoms with Crippen LogP contribution in [0.3, 0.4) is 0 Å². The summed E-state index contributed by atoms with van der Waals surface area (Å²) in [5.74, 6) is 0.530. The van der Waals surface area contributed by atoms with Gasteiger partial charge in [-0.3, -0.25) is 10.3 Å². The lowest BCUT2D eigenvalue weighted by atomic mass is 10.2. The second-order valence-corrected chi connectivity index (χ2v) is 3.52. The molecular formula is C13H14N3O+. The van der Waals surface area contributed by atoms with Crippen molar-refractivity contribution in [2.75, 3.05) is 0 Å². The number of rotatable bonds is 4. The number of nitrogens with one attached hydrogen (secondary N) is 1. The highest BCUT2D eigenvalue weighted by molar-refractivity contribution is 5.86. The Kier molecular flexibility index (Phi) is 3.83. The molecule has 0 aliphatic carbocycles. The molecule has 0 fully saturated rings. The summed E-state index contributed by atoms with van der Waals surface area (Å²) in [5, 5.41) is 9.22. The van der Waals surface area contributed by atoms with Crippen LogP contribution in [-0.2, 0) is 11.3 Å². The number of hydrogen-bond acceptors (Lipinski definition) is 3. The van der Waals surface area contributed by atoms with Gasteiger partial charge in [0, 0.05) is 0 Å². The highest BCUT2D eigenvalue weighted by Crippen LogP contribution is 2.05. The number of hydrogen-bond donors (Lipinski definition) is 2. The second kappa shape index (κ2) is 5.77. The van der Waals surface area contributed by atoms with E-state index in [0.717, 1.165) is 11.3 Å². The second-order valence-electron chi connectivity index (χ2n) is 3.52. The van der Waals surface area contributed by atoms with Gasteiger partial charge in [-0.05, 0) is 5.56 Å². The Labute approximate surface area is 99.8 Å². The molecule has 1 aromatic carbocycles. The van der Waals surface area contributed by atoms with E-state index in [2.05, 4.69) is 4.99 Å². The summed E-state index contributed by atoms with van der Waals surface area (Å²) >= 11 is 0. The number of benzene rings is 1. The Morgan fingerprint density at radius 2 is 2.18 bits per heavy atom. The van der Waals surface area contributed by atoms with Gasteiger partial charge in [-0.1, -0.05) is 30.3 Å². The molecule has 4 nitrogen and oxygen atoms in total. The van der Waals surface area contributed by atoms with Gasteiger partial charge >= 0.3 is 0 Å². The zero-order chi connectivity index (χ0) is 11.9. The summed E-state index contributed by atoms with van der Waals surface area (Å²) in [6, 6.07) is 9.88. The molecule has 0 bridgehead atoms. The quantitative estimate of drug-likeness (QED) is 0.590. The van der Waals surface area contributed by atoms with Crippen molar-refractivity contribution in [2.24, 2.45) is 4.99 Å². The number of quaternary nitrogens is 1. The van der Waals surface area contributed by atoms with E-state index in [4.69, 9.17) is 10.1 Å². The fraction of sp³-hybridized carbons (Fsp3) is 0.0769. The molecule has 0 aromatic heterocycles. The average Bonchev–Trinajstić information content (AvgIpc) is 2.42. The maximum atomic E-state index is 7.35. The summed E-state index contributed by atoms with van der Waals surface area (Å²) in [6.07, 6.45) is 6.41. The molecule has 0 saturated carbocycles. The summed E-state index contributed by atoms with van der Waals surface area (Å²) in [4.78, 5) is 4.00. The van der Waals surface area contributed by atoms with Crippen molar-refractivity contribution in [1.29, 1.82) is 5.41 Å². The van der Waals surface area contributed by atoms with Gasteiger partial charge < -0.3 is 10.1 Å². The molecule has 0 amide bonds. The van der Waals surface area contributed by atoms with Crippen molar-refractivity contribution >= 4 is 12.4 Å². The largest absolute Gasteiger partial charge is 0.481 e. The van der Waals surface area contributed by atoms with Crippen LogP contribution < -0.4 is 5.32 Å². The van der Waals surface area contributed by atoms with Gasteiger partial charge in [-0.15, -0.1) is 0 Å². The molecule has 0 saturated heterocycles. The fourth-order valence-corrected chi connectivity index (χ4v) is 1.45. The fourth-order valence-electron chi connectivity index (χ4n) is 1.45. The summed E-state index contributed by atoms with van der Waals surface area (Å²) in [5.41, 5.74) is 1.90. The summed E-state index contributed by atoms with van der Waals surface area (Å²) in [6.45, 7) is 0.459. The van der Waals surface area contributed by atoms with E-state index in [-0.39, 0.29) is 0 Å². The zero-order valence-electron chi connectivity index (χ0n) is 9.34. The average molecular weight is 228 g/mol. The Morgan fingerprint density at radius 1 is 1.35 bits per heavy atom. The van der Waals surface area contributed by atoms with Crippen LogP contribution >= 0.6 is 0 Å². The van der Waals surface area contributed by atoms with Gasteiger partial charge in [0.05, 0.1) is 18.6 Å². The summed E-state index contributed by atoms with van der Waals surface area (Å²) < 4.78 is 5.60. The Balaban J connectivity index is 2.04. The lowest BCUT2D eigenvalue weighted by Gasteiger charge is -2.08. The molecule has 0 radical (unpaired) electrons. The van der Waals surface area contributed by atoms with Gasteiger partial charge in [0.1, 0.15) is 12.8 Å². The smallest absolute Gasteiger partial charge is 0.200 e. The van der Waals surface area contributed by atoms with E-state index in [9.17, 15) is 0 Å². The lowest BCUT2D eigenvalue weighted by Crippen LogP contribution is -2.77. The zero-order valence-corrected chi connectivity index (χ0v) is 9.34. The van der Waals surface area contributed by atoms with Crippen LogP contribution in [0.15, 0.2) is 59.2 Å². The molecule has 3 N–H and O–H groups in total. The van der Waals surface area contributed by atoms with E-state index in [1.54, 1.807) is 12.4 Å². The van der Waals surface area contributed by atoms with Crippen LogP contribution in [0, 0.1) is 5.41 Å². The first kappa shape index (κ1) is 11.3. The third kappa shape index (κ3) is 3.12. The molecule has 1 heterocycles. The lowest BCUT2D eigenvalue weighted by molar-refractivity contribution is -0.528. The van der Waals surface area contributed by atoms with Crippen molar-refractivity contribution in [3.63, 3.8) is 0 Å². The van der Waals surface area contributed by atoms with Crippen molar-refractivity contribution in [3.05, 3.63) is 59.8 Å². The number of ether oxygens (including phenoxy) is 1. The van der Waals surface area contributed by atoms with Gasteiger partial charge in [0.25, 0.3) is 0 Å². The molecule has 2 rings (SSSR count). The first-order valence-electron chi connectivity index (χ1n) is 5.34. The molecule has 1 aromatic rings. The molecular weight excluding hydrogens is 214 g/mol. The van der Waals surface area contributed by atoms with E-state index < -0.39 is 0 Å². The van der Waals surface area contributed by atoms with Crippen LogP contribution in [0.25, 0.3) is 0 Å². The van der Waals surface area contributed by atoms with Gasteiger partial charge in [0.15, 0.2) is 11.5 Å². The third-order valence-electron chi connectivity index (χ3n) is 2.31. The molecule has 0 unspecified atom stereocenters. The highest BCUT2D eigenvalue weighted by atomic mass is 16.5. The molecule has 86 valence electrons. The maximum absolute atomic E-state index is 7.35. The van der Waals surface area contributed by atoms with Gasteiger partial charge in [-0.2, -0.15) is 0 Å². The van der Waals surface area contributed by atoms with Crippen molar-refractivity contribution < 1.29 is 10.1 Å². The van der Waals surface area contributed by atoms with Gasteiger partial charge in [-0.25, -0.2) is 0 Å². The van der Waals surface area contributed by atoms with Crippen LogP contribution in [0.5, 0.6) is 0 Å². The monoisotopic (exact) mass is 228 g/mol. The SMILES string of the molecule is N=C/C(OCc1ccccc1)=C1/C=NC=C[NH2+]1. The first-order valence-corrected chi connectivity index (χ1v) is 5.34. The van der Waals surface area contributed by atoms with Crippen molar-refractivity contribution in [1.82, 2.24) is 0 Å². The number of nitrogens with zero attached hydrogens (tertiary/aromatic N) is 1. The minimum Gasteiger partial charge on any atom is -0.481 e. The Hall–Kier alpha value is -2.20. The molecule has 17 heavy (non-hydrogen) atoms. The van der Waals surface area contributed by atoms with E-state index in [1.165, 1.54) is 6.21 Å². The van der Waals surface area contributed by atoms with Crippen LogP contribution in [0.4, 0.5) is 0 Å². The standard InChI is InChI=1S/C13H13N3O/c14-8-13(12-9-15-6-7-16-12)17-10-11-4-2-1-3-5-11/h1-9,14,16H,10H2/p+1/b13-12+,14-8?. The predicted octanol–water partition coefficient (Wildman–Crippen LogP) is 1.18. The Morgan fingerprint density at radius 3 is 2.82 bits per heavy atom. The first-order chi connectivity index (χ1) is 8.40. The maximum Gasteiger partial charge on any atom is 0.200 e. The molecule has 1 aliphatic rings. The molecule has 0 spiro atoms. The van der Waals surface area contributed by atoms with Crippen molar-refractivity contribution in [2.45, 2.75) is 6.61 Å². The minimum atomic E-state index is 0.459. The third-order valence-corrected chi connectivity index (χ3v) is 2.31. The van der Waals surface area contributed by atoms with E-state index in [1.807, 2.05) is 41.8 Å². The number of nitrogens with two attached hydrogens (primary N) is 1.